The number of aromatic nitrogens is 1. The van der Waals surface area contributed by atoms with Crippen LogP contribution in [0.3, 0.4) is 0 Å². The van der Waals surface area contributed by atoms with E-state index >= 15 is 0 Å². The van der Waals surface area contributed by atoms with Gasteiger partial charge in [0.05, 0.1) is 16.7 Å². The Balaban J connectivity index is 1.22. The fraction of sp³-hybridized carbons (Fsp3) is 0.0612. The van der Waals surface area contributed by atoms with E-state index in [1.165, 1.54) is 71.6 Å². The van der Waals surface area contributed by atoms with E-state index in [0.29, 0.717) is 0 Å². The maximum absolute atomic E-state index is 2.51. The lowest BCUT2D eigenvalue weighted by atomic mass is 9.74. The van der Waals surface area contributed by atoms with Crippen molar-refractivity contribution < 1.29 is 0 Å². The lowest BCUT2D eigenvalue weighted by molar-refractivity contribution is 0.630. The molecule has 0 saturated carbocycles. The van der Waals surface area contributed by atoms with Crippen molar-refractivity contribution in [2.45, 2.75) is 19.3 Å². The van der Waals surface area contributed by atoms with Gasteiger partial charge in [0.15, 0.2) is 0 Å². The molecule has 2 nitrogen and oxygen atoms in total. The fourth-order valence-electron chi connectivity index (χ4n) is 8.36. The summed E-state index contributed by atoms with van der Waals surface area (Å²) in [6.45, 7) is 4.75. The molecule has 242 valence electrons. The van der Waals surface area contributed by atoms with Crippen LogP contribution in [-0.2, 0) is 5.41 Å². The summed E-state index contributed by atoms with van der Waals surface area (Å²) >= 11 is 0. The molecule has 0 spiro atoms. The Morgan fingerprint density at radius 2 is 1.08 bits per heavy atom. The summed E-state index contributed by atoms with van der Waals surface area (Å²) in [5.41, 5.74) is 14.6. The first-order valence-corrected chi connectivity index (χ1v) is 17.8. The van der Waals surface area contributed by atoms with Gasteiger partial charge in [-0.3, -0.25) is 0 Å². The third-order valence-corrected chi connectivity index (χ3v) is 10.9. The highest BCUT2D eigenvalue weighted by molar-refractivity contribution is 6.14. The van der Waals surface area contributed by atoms with Gasteiger partial charge in [0, 0.05) is 33.2 Å². The van der Waals surface area contributed by atoms with Crippen LogP contribution in [0.2, 0.25) is 0 Å². The normalized spacial score (nSPS) is 13.1. The molecule has 0 amide bonds. The lowest BCUT2D eigenvalue weighted by Gasteiger charge is -2.35. The molecule has 10 rings (SSSR count). The SMILES string of the molecule is CC1(C)c2ccccc2-n2c3ccc(N(c4ccccc4)c4cccc(-c5ccc6ccccc6c5)c4)cc3c3cc(-c4ccccc4)cc1c32. The molecule has 0 unspecified atom stereocenters. The monoisotopic (exact) mass is 652 g/mol. The molecule has 0 aliphatic carbocycles. The molecule has 1 aliphatic rings. The molecule has 2 heterocycles. The molecule has 51 heavy (non-hydrogen) atoms. The van der Waals surface area contributed by atoms with E-state index in [0.717, 1.165) is 17.1 Å². The first-order valence-electron chi connectivity index (χ1n) is 17.8. The van der Waals surface area contributed by atoms with Crippen LogP contribution in [0.1, 0.15) is 25.0 Å². The first kappa shape index (κ1) is 29.5. The van der Waals surface area contributed by atoms with Crippen LogP contribution in [0.15, 0.2) is 182 Å². The van der Waals surface area contributed by atoms with Gasteiger partial charge in [-0.2, -0.15) is 0 Å². The zero-order valence-electron chi connectivity index (χ0n) is 28.7. The van der Waals surface area contributed by atoms with Crippen LogP contribution < -0.4 is 4.90 Å². The Bertz CT molecular complexity index is 2770. The highest BCUT2D eigenvalue weighted by Gasteiger charge is 2.35. The van der Waals surface area contributed by atoms with E-state index in [-0.39, 0.29) is 5.41 Å². The molecule has 2 heteroatoms. The van der Waals surface area contributed by atoms with E-state index < -0.39 is 0 Å². The summed E-state index contributed by atoms with van der Waals surface area (Å²) in [6, 6.07) is 66.6. The van der Waals surface area contributed by atoms with E-state index in [9.17, 15) is 0 Å². The molecule has 0 radical (unpaired) electrons. The summed E-state index contributed by atoms with van der Waals surface area (Å²) in [5, 5.41) is 5.03. The standard InChI is InChI=1S/C49H36N2/c1-49(2)44-22-11-12-23-47(44)51-46-27-26-41(32-42(46)43-30-38(31-45(49)48(43)51)33-14-5-3-6-15-33)50(39-19-7-4-8-20-39)40-21-13-18-36(29-40)37-25-24-34-16-9-10-17-35(34)28-37/h3-32H,1-2H3. The highest BCUT2D eigenvalue weighted by atomic mass is 15.1. The van der Waals surface area contributed by atoms with E-state index in [1.807, 2.05) is 0 Å². The highest BCUT2D eigenvalue weighted by Crippen LogP contribution is 2.50. The van der Waals surface area contributed by atoms with Crippen molar-refractivity contribution in [1.29, 1.82) is 0 Å². The molecule has 0 saturated heterocycles. The minimum Gasteiger partial charge on any atom is -0.310 e. The molecule has 0 fully saturated rings. The van der Waals surface area contributed by atoms with Crippen LogP contribution in [0.25, 0.3) is 60.5 Å². The van der Waals surface area contributed by atoms with Crippen LogP contribution in [0, 0.1) is 0 Å². The maximum atomic E-state index is 2.51. The molecule has 9 aromatic rings. The molecule has 0 bridgehead atoms. The number of hydrogen-bond acceptors (Lipinski definition) is 1. The van der Waals surface area contributed by atoms with Crippen molar-refractivity contribution in [3.8, 4) is 27.9 Å². The second-order valence-corrected chi connectivity index (χ2v) is 14.2. The van der Waals surface area contributed by atoms with Gasteiger partial charge in [0.1, 0.15) is 0 Å². The Morgan fingerprint density at radius 1 is 0.412 bits per heavy atom. The number of benzene rings is 8. The minimum absolute atomic E-state index is 0.161. The summed E-state index contributed by atoms with van der Waals surface area (Å²) < 4.78 is 2.51. The second kappa shape index (κ2) is 11.3. The van der Waals surface area contributed by atoms with Crippen LogP contribution in [0.5, 0.6) is 0 Å². The fourth-order valence-corrected chi connectivity index (χ4v) is 8.36. The smallest absolute Gasteiger partial charge is 0.0582 e. The predicted octanol–water partition coefficient (Wildman–Crippen LogP) is 13.4. The van der Waals surface area contributed by atoms with Crippen molar-refractivity contribution >= 4 is 49.6 Å². The van der Waals surface area contributed by atoms with E-state index in [4.69, 9.17) is 0 Å². The maximum Gasteiger partial charge on any atom is 0.0582 e. The zero-order valence-corrected chi connectivity index (χ0v) is 28.7. The molecule has 0 N–H and O–H groups in total. The van der Waals surface area contributed by atoms with Gasteiger partial charge in [0.2, 0.25) is 0 Å². The van der Waals surface area contributed by atoms with Crippen molar-refractivity contribution in [2.75, 3.05) is 4.90 Å². The Labute approximate surface area is 298 Å². The number of nitrogens with zero attached hydrogens (tertiary/aromatic N) is 2. The van der Waals surface area contributed by atoms with Crippen molar-refractivity contribution in [3.05, 3.63) is 193 Å². The van der Waals surface area contributed by atoms with Crippen LogP contribution in [-0.4, -0.2) is 4.57 Å². The van der Waals surface area contributed by atoms with E-state index in [1.54, 1.807) is 0 Å². The van der Waals surface area contributed by atoms with Gasteiger partial charge in [-0.15, -0.1) is 0 Å². The average Bonchev–Trinajstić information content (AvgIpc) is 3.51. The first-order chi connectivity index (χ1) is 25.0. The molecule has 1 aromatic heterocycles. The summed E-state index contributed by atoms with van der Waals surface area (Å²) in [4.78, 5) is 2.40. The number of hydrogen-bond donors (Lipinski definition) is 0. The Hall–Kier alpha value is -6.38. The van der Waals surface area contributed by atoms with Crippen LogP contribution in [0.4, 0.5) is 17.1 Å². The average molecular weight is 653 g/mol. The number of rotatable bonds is 5. The minimum atomic E-state index is -0.161. The molecular weight excluding hydrogens is 617 g/mol. The second-order valence-electron chi connectivity index (χ2n) is 14.2. The number of anilines is 3. The molecule has 1 aliphatic heterocycles. The van der Waals surface area contributed by atoms with Gasteiger partial charge in [-0.25, -0.2) is 0 Å². The summed E-state index contributed by atoms with van der Waals surface area (Å²) in [6.07, 6.45) is 0. The summed E-state index contributed by atoms with van der Waals surface area (Å²) in [5.74, 6) is 0. The Kier molecular flexibility index (Phi) is 6.56. The Morgan fingerprint density at radius 3 is 1.92 bits per heavy atom. The summed E-state index contributed by atoms with van der Waals surface area (Å²) in [7, 11) is 0. The molecule has 8 aromatic carbocycles. The van der Waals surface area contributed by atoms with E-state index in [2.05, 4.69) is 205 Å². The van der Waals surface area contributed by atoms with Gasteiger partial charge >= 0.3 is 0 Å². The lowest BCUT2D eigenvalue weighted by Crippen LogP contribution is -2.26. The van der Waals surface area contributed by atoms with Gasteiger partial charge in [-0.1, -0.05) is 129 Å². The third-order valence-electron chi connectivity index (χ3n) is 10.9. The quantitative estimate of drug-likeness (QED) is 0.180. The molecular formula is C49H36N2. The third kappa shape index (κ3) is 4.64. The topological polar surface area (TPSA) is 8.17 Å². The zero-order chi connectivity index (χ0) is 34.1. The van der Waals surface area contributed by atoms with Crippen molar-refractivity contribution in [2.24, 2.45) is 0 Å². The molecule has 0 atom stereocenters. The van der Waals surface area contributed by atoms with Gasteiger partial charge in [-0.05, 0) is 111 Å². The van der Waals surface area contributed by atoms with Crippen molar-refractivity contribution in [3.63, 3.8) is 0 Å². The largest absolute Gasteiger partial charge is 0.310 e. The van der Waals surface area contributed by atoms with Gasteiger partial charge < -0.3 is 9.47 Å². The number of fused-ring (bicyclic) bond motifs is 6. The van der Waals surface area contributed by atoms with Gasteiger partial charge in [0.25, 0.3) is 0 Å². The predicted molar refractivity (Wildman–Crippen MR) is 216 cm³/mol. The van der Waals surface area contributed by atoms with Crippen LogP contribution >= 0.6 is 0 Å². The number of para-hydroxylation sites is 2. The van der Waals surface area contributed by atoms with Crippen molar-refractivity contribution in [1.82, 2.24) is 4.57 Å².